The third-order valence-electron chi connectivity index (χ3n) is 2.45. The van der Waals surface area contributed by atoms with Gasteiger partial charge in [-0.3, -0.25) is 14.9 Å². The van der Waals surface area contributed by atoms with Crippen LogP contribution in [0.4, 0.5) is 24.5 Å². The first kappa shape index (κ1) is 15.9. The maximum Gasteiger partial charge on any atom is 0.416 e. The van der Waals surface area contributed by atoms with Crippen molar-refractivity contribution in [2.45, 2.75) is 26.9 Å². The lowest BCUT2D eigenvalue weighted by molar-refractivity contribution is -0.384. The van der Waals surface area contributed by atoms with Crippen molar-refractivity contribution < 1.29 is 22.9 Å². The van der Waals surface area contributed by atoms with E-state index in [1.807, 2.05) is 0 Å². The standard InChI is InChI=1S/C12H13F3N2O3/c1-11(2,3)10(18)16-8-5-4-7(12(13,14)15)6-9(8)17(19)20/h4-6H,1-3H3,(H,16,18). The summed E-state index contributed by atoms with van der Waals surface area (Å²) in [5.41, 5.74) is -3.02. The van der Waals surface area contributed by atoms with Gasteiger partial charge in [0.05, 0.1) is 10.5 Å². The van der Waals surface area contributed by atoms with E-state index in [0.29, 0.717) is 12.1 Å². The van der Waals surface area contributed by atoms with Gasteiger partial charge in [-0.15, -0.1) is 0 Å². The van der Waals surface area contributed by atoms with Gasteiger partial charge in [0, 0.05) is 11.5 Å². The summed E-state index contributed by atoms with van der Waals surface area (Å²) in [5.74, 6) is -0.527. The van der Waals surface area contributed by atoms with Crippen LogP contribution in [-0.2, 0) is 11.0 Å². The van der Waals surface area contributed by atoms with Crippen molar-refractivity contribution in [2.75, 3.05) is 5.32 Å². The lowest BCUT2D eigenvalue weighted by Crippen LogP contribution is -2.28. The van der Waals surface area contributed by atoms with Crippen LogP contribution in [0.5, 0.6) is 0 Å². The van der Waals surface area contributed by atoms with Crippen molar-refractivity contribution in [3.05, 3.63) is 33.9 Å². The number of nitrogens with one attached hydrogen (secondary N) is 1. The summed E-state index contributed by atoms with van der Waals surface area (Å²) in [6.45, 7) is 4.74. The number of carbonyl (C=O) groups excluding carboxylic acids is 1. The van der Waals surface area contributed by atoms with Crippen LogP contribution in [0.2, 0.25) is 0 Å². The average molecular weight is 290 g/mol. The lowest BCUT2D eigenvalue weighted by atomic mass is 9.95. The number of halogens is 3. The van der Waals surface area contributed by atoms with E-state index in [1.54, 1.807) is 20.8 Å². The number of nitro groups is 1. The molecule has 1 amide bonds. The van der Waals surface area contributed by atoms with Crippen LogP contribution >= 0.6 is 0 Å². The summed E-state index contributed by atoms with van der Waals surface area (Å²) in [4.78, 5) is 21.6. The first-order chi connectivity index (χ1) is 8.93. The molecule has 0 aliphatic rings. The molecule has 0 heterocycles. The van der Waals surface area contributed by atoms with E-state index < -0.39 is 33.7 Å². The molecule has 0 radical (unpaired) electrons. The van der Waals surface area contributed by atoms with Crippen molar-refractivity contribution in [1.82, 2.24) is 0 Å². The summed E-state index contributed by atoms with van der Waals surface area (Å²) < 4.78 is 37.5. The third kappa shape index (κ3) is 3.69. The molecule has 0 atom stereocenters. The van der Waals surface area contributed by atoms with E-state index in [2.05, 4.69) is 5.32 Å². The minimum Gasteiger partial charge on any atom is -0.320 e. The molecule has 0 aliphatic heterocycles. The Morgan fingerprint density at radius 2 is 1.80 bits per heavy atom. The second-order valence-corrected chi connectivity index (χ2v) is 5.19. The molecule has 0 aliphatic carbocycles. The van der Waals surface area contributed by atoms with Crippen molar-refractivity contribution in [3.8, 4) is 0 Å². The zero-order valence-corrected chi connectivity index (χ0v) is 11.0. The predicted octanol–water partition coefficient (Wildman–Crippen LogP) is 3.60. The fourth-order valence-corrected chi connectivity index (χ4v) is 1.27. The van der Waals surface area contributed by atoms with Crippen molar-refractivity contribution in [3.63, 3.8) is 0 Å². The average Bonchev–Trinajstić information content (AvgIpc) is 2.26. The highest BCUT2D eigenvalue weighted by Gasteiger charge is 2.33. The molecular weight excluding hydrogens is 277 g/mol. The Morgan fingerprint density at radius 3 is 2.20 bits per heavy atom. The van der Waals surface area contributed by atoms with E-state index in [9.17, 15) is 28.1 Å². The summed E-state index contributed by atoms with van der Waals surface area (Å²) in [6.07, 6.45) is -4.68. The molecule has 0 spiro atoms. The highest BCUT2D eigenvalue weighted by Crippen LogP contribution is 2.35. The van der Waals surface area contributed by atoms with E-state index in [0.717, 1.165) is 6.07 Å². The lowest BCUT2D eigenvalue weighted by Gasteiger charge is -2.18. The number of rotatable bonds is 2. The van der Waals surface area contributed by atoms with E-state index in [-0.39, 0.29) is 5.69 Å². The molecule has 1 rings (SSSR count). The highest BCUT2D eigenvalue weighted by molar-refractivity contribution is 5.96. The minimum atomic E-state index is -4.68. The number of nitro benzene ring substituents is 1. The number of hydrogen-bond donors (Lipinski definition) is 1. The molecule has 0 saturated carbocycles. The number of carbonyl (C=O) groups is 1. The maximum atomic E-state index is 12.5. The smallest absolute Gasteiger partial charge is 0.320 e. The molecule has 5 nitrogen and oxygen atoms in total. The molecule has 1 N–H and O–H groups in total. The molecule has 0 fully saturated rings. The first-order valence-electron chi connectivity index (χ1n) is 5.60. The van der Waals surface area contributed by atoms with Crippen molar-refractivity contribution in [1.29, 1.82) is 0 Å². The van der Waals surface area contributed by atoms with Gasteiger partial charge in [-0.2, -0.15) is 13.2 Å². The maximum absolute atomic E-state index is 12.5. The molecule has 0 saturated heterocycles. The summed E-state index contributed by atoms with van der Waals surface area (Å²) in [6, 6.07) is 1.97. The number of anilines is 1. The number of benzene rings is 1. The zero-order valence-electron chi connectivity index (χ0n) is 11.0. The Balaban J connectivity index is 3.22. The summed E-state index contributed by atoms with van der Waals surface area (Å²) in [7, 11) is 0. The Bertz CT molecular complexity index is 548. The van der Waals surface area contributed by atoms with Gasteiger partial charge in [-0.05, 0) is 12.1 Å². The Hall–Kier alpha value is -2.12. The third-order valence-corrected chi connectivity index (χ3v) is 2.45. The topological polar surface area (TPSA) is 72.2 Å². The number of amides is 1. The van der Waals surface area contributed by atoms with Crippen LogP contribution in [0.3, 0.4) is 0 Å². The summed E-state index contributed by atoms with van der Waals surface area (Å²) >= 11 is 0. The van der Waals surface area contributed by atoms with Crippen LogP contribution in [0, 0.1) is 15.5 Å². The van der Waals surface area contributed by atoms with Crippen LogP contribution in [0.1, 0.15) is 26.3 Å². The summed E-state index contributed by atoms with van der Waals surface area (Å²) in [5, 5.41) is 13.1. The Labute approximate surface area is 112 Å². The van der Waals surface area contributed by atoms with Crippen LogP contribution < -0.4 is 5.32 Å². The first-order valence-corrected chi connectivity index (χ1v) is 5.60. The molecule has 110 valence electrons. The van der Waals surface area contributed by atoms with E-state index in [4.69, 9.17) is 0 Å². The van der Waals surface area contributed by atoms with Crippen LogP contribution in [0.15, 0.2) is 18.2 Å². The minimum absolute atomic E-state index is 0.261. The van der Waals surface area contributed by atoms with E-state index >= 15 is 0 Å². The van der Waals surface area contributed by atoms with Crippen molar-refractivity contribution >= 4 is 17.3 Å². The van der Waals surface area contributed by atoms with Gasteiger partial charge in [-0.25, -0.2) is 0 Å². The Kier molecular flexibility index (Phi) is 4.07. The van der Waals surface area contributed by atoms with Crippen LogP contribution in [-0.4, -0.2) is 10.8 Å². The van der Waals surface area contributed by atoms with E-state index in [1.165, 1.54) is 0 Å². The predicted molar refractivity (Wildman–Crippen MR) is 66.2 cm³/mol. The normalized spacial score (nSPS) is 12.1. The van der Waals surface area contributed by atoms with Gasteiger partial charge in [0.15, 0.2) is 0 Å². The molecule has 1 aromatic rings. The van der Waals surface area contributed by atoms with Gasteiger partial charge in [0.25, 0.3) is 5.69 Å². The molecule has 8 heteroatoms. The molecule has 20 heavy (non-hydrogen) atoms. The van der Waals surface area contributed by atoms with Gasteiger partial charge in [-0.1, -0.05) is 20.8 Å². The monoisotopic (exact) mass is 290 g/mol. The molecule has 0 unspecified atom stereocenters. The van der Waals surface area contributed by atoms with Gasteiger partial charge in [0.1, 0.15) is 5.69 Å². The molecule has 0 aromatic heterocycles. The molecular formula is C12H13F3N2O3. The Morgan fingerprint density at radius 1 is 1.25 bits per heavy atom. The van der Waals surface area contributed by atoms with Crippen molar-refractivity contribution in [2.24, 2.45) is 5.41 Å². The van der Waals surface area contributed by atoms with Gasteiger partial charge in [0.2, 0.25) is 5.91 Å². The fourth-order valence-electron chi connectivity index (χ4n) is 1.27. The number of nitrogens with zero attached hydrogens (tertiary/aromatic N) is 1. The van der Waals surface area contributed by atoms with Crippen LogP contribution in [0.25, 0.3) is 0 Å². The molecule has 1 aromatic carbocycles. The SMILES string of the molecule is CC(C)(C)C(=O)Nc1ccc(C(F)(F)F)cc1[N+](=O)[O-]. The fraction of sp³-hybridized carbons (Fsp3) is 0.417. The molecule has 0 bridgehead atoms. The second-order valence-electron chi connectivity index (χ2n) is 5.19. The largest absolute Gasteiger partial charge is 0.416 e. The number of alkyl halides is 3. The second kappa shape index (κ2) is 5.10. The quantitative estimate of drug-likeness (QED) is 0.668. The zero-order chi connectivity index (χ0) is 15.7. The highest BCUT2D eigenvalue weighted by atomic mass is 19.4. The number of hydrogen-bond acceptors (Lipinski definition) is 3. The van der Waals surface area contributed by atoms with Gasteiger partial charge >= 0.3 is 6.18 Å². The van der Waals surface area contributed by atoms with Gasteiger partial charge < -0.3 is 5.32 Å².